The molecule has 0 spiro atoms. The molecule has 1 unspecified atom stereocenters. The standard InChI is InChI=1S/C23H32N10/c1-4-18-21-28-27-16(2)32(21)19-15-25-22(26-20(19)33(18)17-7-5-6-8-17)31-10-9-24-23(31)30-13-11-29(3)12-14-30/h9-10,15,17-18H,4-8,11-14H2,1-3H3. The summed E-state index contributed by atoms with van der Waals surface area (Å²) in [4.78, 5) is 21.9. The van der Waals surface area contributed by atoms with Gasteiger partial charge in [-0.3, -0.25) is 9.13 Å². The van der Waals surface area contributed by atoms with Crippen molar-refractivity contribution in [3.8, 4) is 11.6 Å². The molecule has 2 aliphatic heterocycles. The van der Waals surface area contributed by atoms with Crippen LogP contribution in [0.3, 0.4) is 0 Å². The summed E-state index contributed by atoms with van der Waals surface area (Å²) in [5.74, 6) is 4.47. The number of piperazine rings is 1. The summed E-state index contributed by atoms with van der Waals surface area (Å²) < 4.78 is 4.18. The van der Waals surface area contributed by atoms with Crippen molar-refractivity contribution >= 4 is 11.8 Å². The second-order valence-corrected chi connectivity index (χ2v) is 9.48. The van der Waals surface area contributed by atoms with Crippen molar-refractivity contribution in [3.63, 3.8) is 0 Å². The zero-order chi connectivity index (χ0) is 22.5. The fraction of sp³-hybridized carbons (Fsp3) is 0.609. The Morgan fingerprint density at radius 2 is 1.82 bits per heavy atom. The summed E-state index contributed by atoms with van der Waals surface area (Å²) >= 11 is 0. The Morgan fingerprint density at radius 1 is 1.03 bits per heavy atom. The molecule has 5 heterocycles. The smallest absolute Gasteiger partial charge is 0.238 e. The number of hydrogen-bond donors (Lipinski definition) is 0. The van der Waals surface area contributed by atoms with E-state index in [2.05, 4.69) is 48.4 Å². The number of aryl methyl sites for hydroxylation is 1. The first-order valence-corrected chi connectivity index (χ1v) is 12.2. The molecular weight excluding hydrogens is 416 g/mol. The van der Waals surface area contributed by atoms with Crippen LogP contribution in [0.15, 0.2) is 18.6 Å². The molecule has 3 aliphatic rings. The maximum atomic E-state index is 5.19. The van der Waals surface area contributed by atoms with Gasteiger partial charge in [-0.1, -0.05) is 19.8 Å². The van der Waals surface area contributed by atoms with Gasteiger partial charge in [0.1, 0.15) is 11.5 Å². The van der Waals surface area contributed by atoms with E-state index in [-0.39, 0.29) is 6.04 Å². The van der Waals surface area contributed by atoms with E-state index in [1.165, 1.54) is 25.7 Å². The van der Waals surface area contributed by atoms with Crippen LogP contribution in [0.4, 0.5) is 11.8 Å². The van der Waals surface area contributed by atoms with Crippen LogP contribution in [0, 0.1) is 6.92 Å². The van der Waals surface area contributed by atoms with Crippen LogP contribution < -0.4 is 9.80 Å². The summed E-state index contributed by atoms with van der Waals surface area (Å²) in [7, 11) is 2.17. The fourth-order valence-electron chi connectivity index (χ4n) is 5.67. The van der Waals surface area contributed by atoms with Gasteiger partial charge in [-0.05, 0) is 33.2 Å². The van der Waals surface area contributed by atoms with Gasteiger partial charge in [0, 0.05) is 44.6 Å². The van der Waals surface area contributed by atoms with E-state index < -0.39 is 0 Å². The van der Waals surface area contributed by atoms with Crippen LogP contribution in [0.2, 0.25) is 0 Å². The Kier molecular flexibility index (Phi) is 5.05. The first-order chi connectivity index (χ1) is 16.2. The molecule has 2 fully saturated rings. The average molecular weight is 449 g/mol. The number of nitrogens with zero attached hydrogens (tertiary/aromatic N) is 10. The minimum absolute atomic E-state index is 0.171. The number of likely N-dealkylation sites (N-methyl/N-ethyl adjacent to an activating group) is 1. The Balaban J connectivity index is 1.46. The van der Waals surface area contributed by atoms with Crippen LogP contribution in [0.1, 0.15) is 56.7 Å². The zero-order valence-electron chi connectivity index (χ0n) is 19.7. The highest BCUT2D eigenvalue weighted by Gasteiger charge is 2.39. The molecule has 1 atom stereocenters. The van der Waals surface area contributed by atoms with Crippen molar-refractivity contribution in [1.82, 2.24) is 39.2 Å². The topological polar surface area (TPSA) is 84.0 Å². The molecule has 0 radical (unpaired) electrons. The predicted octanol–water partition coefficient (Wildman–Crippen LogP) is 2.52. The van der Waals surface area contributed by atoms with E-state index >= 15 is 0 Å². The van der Waals surface area contributed by atoms with E-state index in [1.807, 2.05) is 30.1 Å². The molecule has 0 aromatic carbocycles. The third-order valence-corrected chi connectivity index (χ3v) is 7.43. The molecule has 1 aliphatic carbocycles. The van der Waals surface area contributed by atoms with Crippen molar-refractivity contribution in [1.29, 1.82) is 0 Å². The molecule has 0 amide bonds. The number of fused-ring (bicyclic) bond motifs is 3. The first kappa shape index (κ1) is 20.6. The molecule has 3 aromatic heterocycles. The minimum Gasteiger partial charge on any atom is -0.341 e. The number of hydrogen-bond acceptors (Lipinski definition) is 8. The monoisotopic (exact) mass is 448 g/mol. The van der Waals surface area contributed by atoms with E-state index in [0.717, 1.165) is 61.7 Å². The van der Waals surface area contributed by atoms with Crippen molar-refractivity contribution < 1.29 is 0 Å². The molecular formula is C23H32N10. The fourth-order valence-corrected chi connectivity index (χ4v) is 5.67. The molecule has 10 nitrogen and oxygen atoms in total. The normalized spacial score (nSPS) is 21.5. The molecule has 0 N–H and O–H groups in total. The van der Waals surface area contributed by atoms with Gasteiger partial charge in [-0.2, -0.15) is 4.98 Å². The highest BCUT2D eigenvalue weighted by Crippen LogP contribution is 2.43. The molecule has 0 bridgehead atoms. The van der Waals surface area contributed by atoms with E-state index in [4.69, 9.17) is 9.97 Å². The predicted molar refractivity (Wildman–Crippen MR) is 126 cm³/mol. The van der Waals surface area contributed by atoms with Gasteiger partial charge >= 0.3 is 0 Å². The summed E-state index contributed by atoms with van der Waals surface area (Å²) in [5, 5.41) is 8.99. The van der Waals surface area contributed by atoms with Crippen LogP contribution in [0.25, 0.3) is 11.6 Å². The summed E-state index contributed by atoms with van der Waals surface area (Å²) in [6, 6.07) is 0.645. The van der Waals surface area contributed by atoms with Crippen LogP contribution in [0.5, 0.6) is 0 Å². The number of rotatable bonds is 4. The lowest BCUT2D eigenvalue weighted by molar-refractivity contribution is 0.310. The Hall–Kier alpha value is -3.01. The Morgan fingerprint density at radius 3 is 2.58 bits per heavy atom. The second kappa shape index (κ2) is 8.09. The average Bonchev–Trinajstić information content (AvgIpc) is 3.60. The summed E-state index contributed by atoms with van der Waals surface area (Å²) in [6.45, 7) is 8.20. The summed E-state index contributed by atoms with van der Waals surface area (Å²) in [5.41, 5.74) is 0.981. The molecule has 1 saturated carbocycles. The Labute approximate surface area is 194 Å². The lowest BCUT2D eigenvalue weighted by atomic mass is 10.0. The second-order valence-electron chi connectivity index (χ2n) is 9.48. The van der Waals surface area contributed by atoms with Crippen LogP contribution in [-0.2, 0) is 0 Å². The van der Waals surface area contributed by atoms with Crippen LogP contribution in [-0.4, -0.2) is 78.5 Å². The van der Waals surface area contributed by atoms with Crippen molar-refractivity contribution in [2.24, 2.45) is 0 Å². The van der Waals surface area contributed by atoms with E-state index in [9.17, 15) is 0 Å². The third kappa shape index (κ3) is 3.30. The highest BCUT2D eigenvalue weighted by molar-refractivity contribution is 5.63. The maximum Gasteiger partial charge on any atom is 0.238 e. The first-order valence-electron chi connectivity index (χ1n) is 12.2. The van der Waals surface area contributed by atoms with Gasteiger partial charge < -0.3 is 14.7 Å². The third-order valence-electron chi connectivity index (χ3n) is 7.43. The lowest BCUT2D eigenvalue weighted by Gasteiger charge is -2.41. The number of aromatic nitrogens is 7. The van der Waals surface area contributed by atoms with Gasteiger partial charge in [0.25, 0.3) is 0 Å². The summed E-state index contributed by atoms with van der Waals surface area (Å²) in [6.07, 6.45) is 11.7. The zero-order valence-corrected chi connectivity index (χ0v) is 19.7. The quantitative estimate of drug-likeness (QED) is 0.602. The van der Waals surface area contributed by atoms with Crippen molar-refractivity contribution in [3.05, 3.63) is 30.2 Å². The highest BCUT2D eigenvalue weighted by atomic mass is 15.4. The SMILES string of the molecule is CCC1c2nnc(C)n2-c2cnc(-n3ccnc3N3CCN(C)CC3)nc2N1C1CCCC1. The van der Waals surface area contributed by atoms with Gasteiger partial charge in [0.15, 0.2) is 11.6 Å². The molecule has 10 heteroatoms. The lowest BCUT2D eigenvalue weighted by Crippen LogP contribution is -2.45. The van der Waals surface area contributed by atoms with E-state index in [1.54, 1.807) is 0 Å². The number of imidazole rings is 1. The maximum absolute atomic E-state index is 5.19. The van der Waals surface area contributed by atoms with Crippen molar-refractivity contribution in [2.45, 2.75) is 58.0 Å². The molecule has 1 saturated heterocycles. The molecule has 6 rings (SSSR count). The van der Waals surface area contributed by atoms with E-state index in [0.29, 0.717) is 12.0 Å². The number of anilines is 2. The Bertz CT molecular complexity index is 1140. The van der Waals surface area contributed by atoms with Crippen LogP contribution >= 0.6 is 0 Å². The van der Waals surface area contributed by atoms with Gasteiger partial charge in [-0.15, -0.1) is 10.2 Å². The van der Waals surface area contributed by atoms with Crippen molar-refractivity contribution in [2.75, 3.05) is 43.0 Å². The minimum atomic E-state index is 0.171. The van der Waals surface area contributed by atoms with Gasteiger partial charge in [0.05, 0.1) is 12.2 Å². The molecule has 174 valence electrons. The molecule has 3 aromatic rings. The van der Waals surface area contributed by atoms with Gasteiger partial charge in [-0.25, -0.2) is 9.97 Å². The largest absolute Gasteiger partial charge is 0.341 e. The molecule has 33 heavy (non-hydrogen) atoms. The van der Waals surface area contributed by atoms with Gasteiger partial charge in [0.2, 0.25) is 11.9 Å².